The molecule has 2 aromatic rings. The van der Waals surface area contributed by atoms with Gasteiger partial charge in [0.25, 0.3) is 0 Å². The Labute approximate surface area is 155 Å². The minimum Gasteiger partial charge on any atom is -0.493 e. The average Bonchev–Trinajstić information content (AvgIpc) is 2.50. The van der Waals surface area contributed by atoms with Crippen molar-refractivity contribution in [2.75, 3.05) is 6.61 Å². The molecule has 26 heavy (non-hydrogen) atoms. The van der Waals surface area contributed by atoms with E-state index in [4.69, 9.17) is 22.1 Å². The number of hydrogen-bond donors (Lipinski definition) is 1. The second-order valence-electron chi connectivity index (χ2n) is 7.04. The van der Waals surface area contributed by atoms with Gasteiger partial charge in [-0.3, -0.25) is 0 Å². The first-order valence-corrected chi connectivity index (χ1v) is 8.44. The molecule has 0 aliphatic rings. The van der Waals surface area contributed by atoms with Crippen LogP contribution in [0.4, 0.5) is 13.2 Å². The molecule has 1 aromatic heterocycles. The van der Waals surface area contributed by atoms with Gasteiger partial charge in [0.1, 0.15) is 17.2 Å². The molecule has 8 heteroatoms. The smallest absolute Gasteiger partial charge is 0.419 e. The SMILES string of the molecule is C[C@H](COc1ccc(-c2cc(Cl)ncn2)cc1C(F)(F)F)CC(C)(C)N. The van der Waals surface area contributed by atoms with Crippen LogP contribution in [0.25, 0.3) is 11.3 Å². The van der Waals surface area contributed by atoms with Crippen molar-refractivity contribution in [1.82, 2.24) is 9.97 Å². The third kappa shape index (κ3) is 5.85. The summed E-state index contributed by atoms with van der Waals surface area (Å²) in [6.45, 7) is 5.76. The van der Waals surface area contributed by atoms with Gasteiger partial charge in [-0.05, 0) is 44.4 Å². The quantitative estimate of drug-likeness (QED) is 0.712. The van der Waals surface area contributed by atoms with E-state index in [-0.39, 0.29) is 29.0 Å². The standard InChI is InChI=1S/C18H21ClF3N3O/c1-11(8-17(2,3)23)9-26-15-5-4-12(6-13(15)18(20,21)22)14-7-16(19)25-10-24-14/h4-7,10-11H,8-9,23H2,1-3H3/t11-/m0/s1. The minimum atomic E-state index is -4.56. The van der Waals surface area contributed by atoms with E-state index in [1.807, 2.05) is 20.8 Å². The molecule has 0 saturated carbocycles. The molecule has 0 bridgehead atoms. The van der Waals surface area contributed by atoms with Gasteiger partial charge in [0.15, 0.2) is 0 Å². The predicted molar refractivity (Wildman–Crippen MR) is 95.0 cm³/mol. The van der Waals surface area contributed by atoms with Crippen molar-refractivity contribution in [2.24, 2.45) is 11.7 Å². The lowest BCUT2D eigenvalue weighted by atomic mass is 9.93. The van der Waals surface area contributed by atoms with Crippen LogP contribution >= 0.6 is 11.6 Å². The van der Waals surface area contributed by atoms with Gasteiger partial charge in [-0.15, -0.1) is 0 Å². The predicted octanol–water partition coefficient (Wildman–Crippen LogP) is 4.96. The van der Waals surface area contributed by atoms with Crippen molar-refractivity contribution in [3.63, 3.8) is 0 Å². The van der Waals surface area contributed by atoms with Crippen LogP contribution in [0.3, 0.4) is 0 Å². The van der Waals surface area contributed by atoms with Gasteiger partial charge in [0, 0.05) is 17.2 Å². The number of rotatable bonds is 6. The molecule has 4 nitrogen and oxygen atoms in total. The second-order valence-corrected chi connectivity index (χ2v) is 7.43. The van der Waals surface area contributed by atoms with Crippen LogP contribution < -0.4 is 10.5 Å². The summed E-state index contributed by atoms with van der Waals surface area (Å²) in [5.41, 5.74) is 5.26. The second kappa shape index (κ2) is 7.80. The van der Waals surface area contributed by atoms with Crippen molar-refractivity contribution in [3.8, 4) is 17.0 Å². The zero-order valence-electron chi connectivity index (χ0n) is 14.8. The summed E-state index contributed by atoms with van der Waals surface area (Å²) < 4.78 is 45.8. The van der Waals surface area contributed by atoms with Crippen LogP contribution in [0.5, 0.6) is 5.75 Å². The molecule has 142 valence electrons. The highest BCUT2D eigenvalue weighted by molar-refractivity contribution is 6.29. The third-order valence-electron chi connectivity index (χ3n) is 3.61. The first-order valence-electron chi connectivity index (χ1n) is 8.06. The molecule has 0 amide bonds. The minimum absolute atomic E-state index is 0.0106. The van der Waals surface area contributed by atoms with Gasteiger partial charge in [-0.25, -0.2) is 9.97 Å². The number of ether oxygens (including phenoxy) is 1. The van der Waals surface area contributed by atoms with Crippen LogP contribution in [-0.2, 0) is 6.18 Å². The highest BCUT2D eigenvalue weighted by atomic mass is 35.5. The molecule has 0 aliphatic carbocycles. The molecule has 0 unspecified atom stereocenters. The first kappa shape index (κ1) is 20.5. The van der Waals surface area contributed by atoms with E-state index in [0.29, 0.717) is 12.1 Å². The van der Waals surface area contributed by atoms with Crippen molar-refractivity contribution >= 4 is 11.6 Å². The zero-order chi connectivity index (χ0) is 19.5. The fraction of sp³-hybridized carbons (Fsp3) is 0.444. The molecule has 1 heterocycles. The number of nitrogens with two attached hydrogens (primary N) is 1. The molecule has 1 aromatic carbocycles. The van der Waals surface area contributed by atoms with E-state index in [9.17, 15) is 13.2 Å². The maximum Gasteiger partial charge on any atom is 0.419 e. The molecule has 0 saturated heterocycles. The molecule has 0 aliphatic heterocycles. The molecule has 0 fully saturated rings. The molecular weight excluding hydrogens is 367 g/mol. The average molecular weight is 388 g/mol. The number of halogens is 4. The molecule has 0 radical (unpaired) electrons. The number of nitrogens with zero attached hydrogens (tertiary/aromatic N) is 2. The van der Waals surface area contributed by atoms with Gasteiger partial charge in [-0.2, -0.15) is 13.2 Å². The van der Waals surface area contributed by atoms with E-state index < -0.39 is 17.3 Å². The molecule has 2 N–H and O–H groups in total. The maximum absolute atomic E-state index is 13.5. The zero-order valence-corrected chi connectivity index (χ0v) is 15.5. The molecule has 1 atom stereocenters. The van der Waals surface area contributed by atoms with Crippen molar-refractivity contribution < 1.29 is 17.9 Å². The highest BCUT2D eigenvalue weighted by Crippen LogP contribution is 2.39. The van der Waals surface area contributed by atoms with Crippen LogP contribution in [0.2, 0.25) is 5.15 Å². The Morgan fingerprint density at radius 1 is 1.19 bits per heavy atom. The summed E-state index contributed by atoms with van der Waals surface area (Å²) in [5.74, 6) is -0.209. The topological polar surface area (TPSA) is 61.0 Å². The number of hydrogen-bond acceptors (Lipinski definition) is 4. The third-order valence-corrected chi connectivity index (χ3v) is 3.82. The Bertz CT molecular complexity index is 760. The van der Waals surface area contributed by atoms with E-state index in [0.717, 1.165) is 6.07 Å². The van der Waals surface area contributed by atoms with Gasteiger partial charge in [0.05, 0.1) is 17.9 Å². The monoisotopic (exact) mass is 387 g/mol. The Balaban J connectivity index is 2.27. The lowest BCUT2D eigenvalue weighted by molar-refractivity contribution is -0.139. The van der Waals surface area contributed by atoms with Gasteiger partial charge in [-0.1, -0.05) is 18.5 Å². The normalized spacial score (nSPS) is 13.5. The summed E-state index contributed by atoms with van der Waals surface area (Å²) in [5, 5.41) is 0.155. The summed E-state index contributed by atoms with van der Waals surface area (Å²) >= 11 is 5.78. The fourth-order valence-electron chi connectivity index (χ4n) is 2.72. The number of alkyl halides is 3. The van der Waals surface area contributed by atoms with Gasteiger partial charge < -0.3 is 10.5 Å². The van der Waals surface area contributed by atoms with E-state index >= 15 is 0 Å². The largest absolute Gasteiger partial charge is 0.493 e. The Hall–Kier alpha value is -1.86. The van der Waals surface area contributed by atoms with Crippen LogP contribution in [0.1, 0.15) is 32.8 Å². The lowest BCUT2D eigenvalue weighted by Crippen LogP contribution is -2.35. The van der Waals surface area contributed by atoms with Crippen LogP contribution in [0.15, 0.2) is 30.6 Å². The number of aromatic nitrogens is 2. The van der Waals surface area contributed by atoms with Crippen molar-refractivity contribution in [2.45, 2.75) is 38.9 Å². The first-order chi connectivity index (χ1) is 12.0. The molecule has 0 spiro atoms. The van der Waals surface area contributed by atoms with Gasteiger partial charge in [0.2, 0.25) is 0 Å². The van der Waals surface area contributed by atoms with Crippen LogP contribution in [0, 0.1) is 5.92 Å². The van der Waals surface area contributed by atoms with E-state index in [1.54, 1.807) is 0 Å². The fourth-order valence-corrected chi connectivity index (χ4v) is 2.86. The van der Waals surface area contributed by atoms with Gasteiger partial charge >= 0.3 is 6.18 Å². The maximum atomic E-state index is 13.5. The Morgan fingerprint density at radius 2 is 1.88 bits per heavy atom. The lowest BCUT2D eigenvalue weighted by Gasteiger charge is -2.24. The highest BCUT2D eigenvalue weighted by Gasteiger charge is 2.35. The van der Waals surface area contributed by atoms with E-state index in [1.165, 1.54) is 24.5 Å². The van der Waals surface area contributed by atoms with E-state index in [2.05, 4.69) is 9.97 Å². The summed E-state index contributed by atoms with van der Waals surface area (Å²) in [6.07, 6.45) is -2.73. The Morgan fingerprint density at radius 3 is 2.46 bits per heavy atom. The Kier molecular flexibility index (Phi) is 6.13. The van der Waals surface area contributed by atoms with Crippen molar-refractivity contribution in [3.05, 3.63) is 41.3 Å². The van der Waals surface area contributed by atoms with Crippen LogP contribution in [-0.4, -0.2) is 22.1 Å². The summed E-state index contributed by atoms with van der Waals surface area (Å²) in [4.78, 5) is 7.69. The molecular formula is C18H21ClF3N3O. The number of benzene rings is 1. The van der Waals surface area contributed by atoms with Crippen molar-refractivity contribution in [1.29, 1.82) is 0 Å². The molecule has 2 rings (SSSR count). The summed E-state index contributed by atoms with van der Waals surface area (Å²) in [7, 11) is 0. The summed E-state index contributed by atoms with van der Waals surface area (Å²) in [6, 6.07) is 5.23.